The molecule has 1 aliphatic heterocycles. The van der Waals surface area contributed by atoms with Gasteiger partial charge in [0.1, 0.15) is 0 Å². The topological polar surface area (TPSA) is 24.9 Å². The van der Waals surface area contributed by atoms with Crippen molar-refractivity contribution in [2.45, 2.75) is 45.1 Å². The van der Waals surface area contributed by atoms with Crippen molar-refractivity contribution in [1.29, 1.82) is 0 Å². The molecule has 2 aromatic rings. The van der Waals surface area contributed by atoms with Crippen molar-refractivity contribution in [3.8, 4) is 0 Å². The second-order valence-electron chi connectivity index (χ2n) is 5.40. The minimum atomic E-state index is 0.504. The molecule has 3 rings (SSSR count). The SMILES string of the molecule is CC(C)c1nc2c(C3CCCCN3)cccc2s1. The molecule has 2 nitrogen and oxygen atoms in total. The van der Waals surface area contributed by atoms with Gasteiger partial charge in [0.05, 0.1) is 15.2 Å². The predicted molar refractivity (Wildman–Crippen MR) is 78.3 cm³/mol. The van der Waals surface area contributed by atoms with Gasteiger partial charge < -0.3 is 5.32 Å². The smallest absolute Gasteiger partial charge is 0.0964 e. The van der Waals surface area contributed by atoms with Gasteiger partial charge in [-0.25, -0.2) is 4.98 Å². The third kappa shape index (κ3) is 2.17. The molecule has 0 aliphatic carbocycles. The van der Waals surface area contributed by atoms with Crippen molar-refractivity contribution in [1.82, 2.24) is 10.3 Å². The van der Waals surface area contributed by atoms with E-state index in [2.05, 4.69) is 37.4 Å². The Kier molecular flexibility index (Phi) is 3.35. The molecule has 0 spiro atoms. The first kappa shape index (κ1) is 12.1. The Balaban J connectivity index is 2.05. The summed E-state index contributed by atoms with van der Waals surface area (Å²) in [4.78, 5) is 4.87. The van der Waals surface area contributed by atoms with E-state index in [1.54, 1.807) is 0 Å². The lowest BCUT2D eigenvalue weighted by atomic mass is 9.97. The highest BCUT2D eigenvalue weighted by molar-refractivity contribution is 7.18. The Labute approximate surface area is 112 Å². The number of nitrogens with one attached hydrogen (secondary N) is 1. The second-order valence-corrected chi connectivity index (χ2v) is 6.47. The van der Waals surface area contributed by atoms with E-state index >= 15 is 0 Å². The van der Waals surface area contributed by atoms with Crippen molar-refractivity contribution < 1.29 is 0 Å². The Hall–Kier alpha value is -0.930. The maximum Gasteiger partial charge on any atom is 0.0964 e. The zero-order valence-corrected chi connectivity index (χ0v) is 11.9. The second kappa shape index (κ2) is 4.98. The van der Waals surface area contributed by atoms with Gasteiger partial charge in [0.15, 0.2) is 0 Å². The van der Waals surface area contributed by atoms with Crippen LogP contribution in [0.15, 0.2) is 18.2 Å². The maximum absolute atomic E-state index is 4.87. The number of benzene rings is 1. The largest absolute Gasteiger partial charge is 0.310 e. The summed E-state index contributed by atoms with van der Waals surface area (Å²) in [5, 5.41) is 4.89. The molecule has 1 aliphatic rings. The van der Waals surface area contributed by atoms with Crippen molar-refractivity contribution in [2.75, 3.05) is 6.54 Å². The normalized spacial score (nSPS) is 20.7. The summed E-state index contributed by atoms with van der Waals surface area (Å²) >= 11 is 1.84. The minimum Gasteiger partial charge on any atom is -0.310 e. The van der Waals surface area contributed by atoms with E-state index in [4.69, 9.17) is 4.98 Å². The summed E-state index contributed by atoms with van der Waals surface area (Å²) < 4.78 is 1.34. The number of piperidine rings is 1. The lowest BCUT2D eigenvalue weighted by molar-refractivity contribution is 0.414. The molecule has 1 N–H and O–H groups in total. The van der Waals surface area contributed by atoms with E-state index in [1.165, 1.54) is 40.1 Å². The van der Waals surface area contributed by atoms with E-state index in [9.17, 15) is 0 Å². The first-order valence-electron chi connectivity index (χ1n) is 6.88. The lowest BCUT2D eigenvalue weighted by Crippen LogP contribution is -2.26. The zero-order valence-electron chi connectivity index (χ0n) is 11.1. The molecule has 1 aromatic heterocycles. The zero-order chi connectivity index (χ0) is 12.5. The van der Waals surface area contributed by atoms with Gasteiger partial charge in [-0.1, -0.05) is 32.4 Å². The van der Waals surface area contributed by atoms with Gasteiger partial charge in [-0.2, -0.15) is 0 Å². The van der Waals surface area contributed by atoms with Crippen LogP contribution in [0.5, 0.6) is 0 Å². The van der Waals surface area contributed by atoms with Crippen molar-refractivity contribution >= 4 is 21.6 Å². The highest BCUT2D eigenvalue weighted by Crippen LogP contribution is 2.33. The molecule has 96 valence electrons. The summed E-state index contributed by atoms with van der Waals surface area (Å²) in [7, 11) is 0. The molecule has 3 heteroatoms. The lowest BCUT2D eigenvalue weighted by Gasteiger charge is -2.24. The van der Waals surface area contributed by atoms with E-state index in [-0.39, 0.29) is 0 Å². The molecule has 18 heavy (non-hydrogen) atoms. The quantitative estimate of drug-likeness (QED) is 0.874. The van der Waals surface area contributed by atoms with Crippen molar-refractivity contribution in [2.24, 2.45) is 0 Å². The molecule has 2 heterocycles. The number of para-hydroxylation sites is 1. The van der Waals surface area contributed by atoms with Crippen LogP contribution in [0.4, 0.5) is 0 Å². The number of rotatable bonds is 2. The Bertz CT molecular complexity index is 538. The molecule has 0 radical (unpaired) electrons. The summed E-state index contributed by atoms with van der Waals surface area (Å²) in [6.07, 6.45) is 3.88. The predicted octanol–water partition coefficient (Wildman–Crippen LogP) is 4.23. The van der Waals surface area contributed by atoms with Gasteiger partial charge in [-0.15, -0.1) is 11.3 Å². The van der Waals surface area contributed by atoms with E-state index in [0.29, 0.717) is 12.0 Å². The number of thiazole rings is 1. The monoisotopic (exact) mass is 260 g/mol. The highest BCUT2D eigenvalue weighted by Gasteiger charge is 2.19. The van der Waals surface area contributed by atoms with Crippen LogP contribution < -0.4 is 5.32 Å². The van der Waals surface area contributed by atoms with Crippen LogP contribution in [0.1, 0.15) is 55.6 Å². The molecule has 1 fully saturated rings. The third-order valence-electron chi connectivity index (χ3n) is 3.65. The number of hydrogen-bond acceptors (Lipinski definition) is 3. The fourth-order valence-electron chi connectivity index (χ4n) is 2.63. The van der Waals surface area contributed by atoms with Gasteiger partial charge in [0, 0.05) is 12.0 Å². The van der Waals surface area contributed by atoms with Crippen LogP contribution in [-0.2, 0) is 0 Å². The molecule has 1 atom stereocenters. The third-order valence-corrected chi connectivity index (χ3v) is 4.97. The van der Waals surface area contributed by atoms with E-state index in [0.717, 1.165) is 6.54 Å². The summed E-state index contributed by atoms with van der Waals surface area (Å²) in [6, 6.07) is 7.13. The first-order chi connectivity index (χ1) is 8.75. The van der Waals surface area contributed by atoms with Gasteiger partial charge in [-0.3, -0.25) is 0 Å². The summed E-state index contributed by atoms with van der Waals surface area (Å²) in [6.45, 7) is 5.58. The number of aromatic nitrogens is 1. The van der Waals surface area contributed by atoms with E-state index in [1.807, 2.05) is 11.3 Å². The molecular formula is C15H20N2S. The Morgan fingerprint density at radius 1 is 1.33 bits per heavy atom. The Morgan fingerprint density at radius 3 is 2.94 bits per heavy atom. The number of fused-ring (bicyclic) bond motifs is 1. The van der Waals surface area contributed by atoms with Gasteiger partial charge in [-0.05, 0) is 31.0 Å². The van der Waals surface area contributed by atoms with Gasteiger partial charge in [0.25, 0.3) is 0 Å². The van der Waals surface area contributed by atoms with Crippen LogP contribution in [0.25, 0.3) is 10.2 Å². The highest BCUT2D eigenvalue weighted by atomic mass is 32.1. The summed E-state index contributed by atoms with van der Waals surface area (Å²) in [5.74, 6) is 0.523. The van der Waals surface area contributed by atoms with Crippen LogP contribution in [-0.4, -0.2) is 11.5 Å². The number of nitrogens with zero attached hydrogens (tertiary/aromatic N) is 1. The average Bonchev–Trinajstić information content (AvgIpc) is 2.83. The van der Waals surface area contributed by atoms with E-state index < -0.39 is 0 Å². The van der Waals surface area contributed by atoms with Crippen LogP contribution in [0, 0.1) is 0 Å². The van der Waals surface area contributed by atoms with Crippen LogP contribution >= 0.6 is 11.3 Å². The maximum atomic E-state index is 4.87. The molecule has 1 aromatic carbocycles. The number of hydrogen-bond donors (Lipinski definition) is 1. The Morgan fingerprint density at radius 2 is 2.22 bits per heavy atom. The fraction of sp³-hybridized carbons (Fsp3) is 0.533. The minimum absolute atomic E-state index is 0.504. The molecular weight excluding hydrogens is 240 g/mol. The standard InChI is InChI=1S/C15H20N2S/c1-10(2)15-17-14-11(6-5-8-13(14)18-15)12-7-3-4-9-16-12/h5-6,8,10,12,16H,3-4,7,9H2,1-2H3. The molecule has 0 bridgehead atoms. The average molecular weight is 260 g/mol. The summed E-state index contributed by atoms with van der Waals surface area (Å²) in [5.41, 5.74) is 2.63. The van der Waals surface area contributed by atoms with Gasteiger partial charge >= 0.3 is 0 Å². The molecule has 1 unspecified atom stereocenters. The molecule has 0 amide bonds. The first-order valence-corrected chi connectivity index (χ1v) is 7.70. The van der Waals surface area contributed by atoms with Gasteiger partial charge in [0.2, 0.25) is 0 Å². The fourth-order valence-corrected chi connectivity index (χ4v) is 3.64. The molecule has 1 saturated heterocycles. The van der Waals surface area contributed by atoms with Crippen molar-refractivity contribution in [3.05, 3.63) is 28.8 Å². The molecule has 0 saturated carbocycles. The van der Waals surface area contributed by atoms with Crippen molar-refractivity contribution in [3.63, 3.8) is 0 Å². The van der Waals surface area contributed by atoms with Crippen LogP contribution in [0.3, 0.4) is 0 Å². The van der Waals surface area contributed by atoms with Crippen LogP contribution in [0.2, 0.25) is 0 Å².